The van der Waals surface area contributed by atoms with Crippen molar-refractivity contribution in [1.82, 2.24) is 19.5 Å². The molecule has 148 valence electrons. The number of nitrogens with two attached hydrogens (primary N) is 1. The van der Waals surface area contributed by atoms with Crippen molar-refractivity contribution in [2.24, 2.45) is 0 Å². The zero-order chi connectivity index (χ0) is 19.7. The third-order valence-corrected chi connectivity index (χ3v) is 6.44. The van der Waals surface area contributed by atoms with E-state index >= 15 is 0 Å². The van der Waals surface area contributed by atoms with Crippen LogP contribution in [0.3, 0.4) is 0 Å². The number of imidazole rings is 1. The Hall–Kier alpha value is -1.99. The Bertz CT molecular complexity index is 819. The van der Waals surface area contributed by atoms with Gasteiger partial charge in [-0.15, -0.1) is 0 Å². The summed E-state index contributed by atoms with van der Waals surface area (Å²) in [7, 11) is -0.195. The molecule has 0 bridgehead atoms. The third-order valence-electron chi connectivity index (χ3n) is 4.61. The number of carboxylic acid groups (broad SMARTS) is 1. The zero-order valence-electron chi connectivity index (χ0n) is 14.8. The van der Waals surface area contributed by atoms with Crippen LogP contribution in [0.2, 0.25) is 0 Å². The summed E-state index contributed by atoms with van der Waals surface area (Å²) in [5, 5.41) is 29.8. The van der Waals surface area contributed by atoms with Crippen LogP contribution in [0.4, 0.5) is 5.82 Å². The Morgan fingerprint density at radius 3 is 2.85 bits per heavy atom. The van der Waals surface area contributed by atoms with Gasteiger partial charge in [0, 0.05) is 0 Å². The van der Waals surface area contributed by atoms with Crippen LogP contribution in [0.5, 0.6) is 0 Å². The SMILES string of the molecule is C[S+](CC[C@H]([NH3+])C(=O)O)C[C@H]1O[C@@H](n2cnc3c(N)ncnc32)[C@H](O)[C@@H]1O. The molecule has 2 aromatic rings. The van der Waals surface area contributed by atoms with Crippen molar-refractivity contribution in [1.29, 1.82) is 0 Å². The van der Waals surface area contributed by atoms with Crippen LogP contribution in [0.25, 0.3) is 11.2 Å². The highest BCUT2D eigenvalue weighted by Crippen LogP contribution is 2.32. The third kappa shape index (κ3) is 3.99. The zero-order valence-corrected chi connectivity index (χ0v) is 15.6. The summed E-state index contributed by atoms with van der Waals surface area (Å²) in [5.74, 6) is 0.462. The van der Waals surface area contributed by atoms with E-state index in [1.165, 1.54) is 17.2 Å². The van der Waals surface area contributed by atoms with Gasteiger partial charge in [-0.05, 0) is 10.9 Å². The Morgan fingerprint density at radius 2 is 2.15 bits per heavy atom. The van der Waals surface area contributed by atoms with Crippen LogP contribution < -0.4 is 11.5 Å². The van der Waals surface area contributed by atoms with Gasteiger partial charge in [-0.3, -0.25) is 4.57 Å². The monoisotopic (exact) mass is 400 g/mol. The lowest BCUT2D eigenvalue weighted by Crippen LogP contribution is -2.65. The Kier molecular flexibility index (Phi) is 5.81. The van der Waals surface area contributed by atoms with E-state index in [1.807, 2.05) is 6.26 Å². The summed E-state index contributed by atoms with van der Waals surface area (Å²) in [6.45, 7) is 0. The van der Waals surface area contributed by atoms with E-state index in [2.05, 4.69) is 20.7 Å². The number of hydrogen-bond donors (Lipinski definition) is 5. The average molecular weight is 400 g/mol. The predicted molar refractivity (Wildman–Crippen MR) is 97.6 cm³/mol. The second-order valence-corrected chi connectivity index (χ2v) is 8.91. The van der Waals surface area contributed by atoms with Crippen molar-refractivity contribution in [3.63, 3.8) is 0 Å². The highest BCUT2D eigenvalue weighted by atomic mass is 32.2. The molecule has 1 fully saturated rings. The van der Waals surface area contributed by atoms with Gasteiger partial charge in [0.15, 0.2) is 23.7 Å². The molecule has 2 aromatic heterocycles. The molecular weight excluding hydrogens is 376 g/mol. The van der Waals surface area contributed by atoms with Gasteiger partial charge in [-0.1, -0.05) is 0 Å². The Balaban J connectivity index is 1.68. The number of carboxylic acids is 1. The number of carbonyl (C=O) groups is 1. The molecule has 3 heterocycles. The summed E-state index contributed by atoms with van der Waals surface area (Å²) in [5.41, 5.74) is 10.2. The number of nitrogen functional groups attached to an aromatic ring is 1. The number of quaternary nitrogens is 1. The van der Waals surface area contributed by atoms with Gasteiger partial charge in [0.05, 0.1) is 19.0 Å². The van der Waals surface area contributed by atoms with Gasteiger partial charge in [0.1, 0.15) is 41.7 Å². The first-order valence-electron chi connectivity index (χ1n) is 8.39. The number of nitrogens with zero attached hydrogens (tertiary/aromatic N) is 4. The van der Waals surface area contributed by atoms with Crippen LogP contribution >= 0.6 is 0 Å². The number of hydrogen-bond acceptors (Lipinski definition) is 8. The smallest absolute Gasteiger partial charge is 0.362 e. The van der Waals surface area contributed by atoms with Gasteiger partial charge in [-0.2, -0.15) is 0 Å². The van der Waals surface area contributed by atoms with Gasteiger partial charge in [0.2, 0.25) is 0 Å². The van der Waals surface area contributed by atoms with Crippen molar-refractivity contribution in [3.8, 4) is 0 Å². The molecule has 0 spiro atoms. The minimum absolute atomic E-state index is 0.195. The summed E-state index contributed by atoms with van der Waals surface area (Å²) in [6.07, 6.45) is 1.52. The van der Waals surface area contributed by atoms with E-state index < -0.39 is 36.6 Å². The molecule has 0 amide bonds. The van der Waals surface area contributed by atoms with Gasteiger partial charge in [0.25, 0.3) is 0 Å². The fourth-order valence-electron chi connectivity index (χ4n) is 2.98. The van der Waals surface area contributed by atoms with Crippen LogP contribution in [0, 0.1) is 0 Å². The van der Waals surface area contributed by atoms with E-state index in [4.69, 9.17) is 15.6 Å². The predicted octanol–water partition coefficient (Wildman–Crippen LogP) is -2.64. The van der Waals surface area contributed by atoms with Gasteiger partial charge >= 0.3 is 5.97 Å². The van der Waals surface area contributed by atoms with E-state index in [1.54, 1.807) is 0 Å². The molecule has 1 unspecified atom stereocenters. The van der Waals surface area contributed by atoms with Crippen molar-refractivity contribution in [2.75, 3.05) is 23.5 Å². The molecule has 3 rings (SSSR count). The Labute approximate surface area is 157 Å². The highest BCUT2D eigenvalue weighted by Gasteiger charge is 2.46. The van der Waals surface area contributed by atoms with Crippen molar-refractivity contribution < 1.29 is 30.6 Å². The first kappa shape index (κ1) is 19.8. The van der Waals surface area contributed by atoms with Crippen LogP contribution in [-0.4, -0.2) is 82.9 Å². The lowest BCUT2D eigenvalue weighted by atomic mass is 10.1. The van der Waals surface area contributed by atoms with Crippen LogP contribution in [0.15, 0.2) is 12.7 Å². The fourth-order valence-corrected chi connectivity index (χ4v) is 4.67. The topological polar surface area (TPSA) is 184 Å². The summed E-state index contributed by atoms with van der Waals surface area (Å²) < 4.78 is 7.43. The number of fused-ring (bicyclic) bond motifs is 1. The standard InChI is InChI=1S/C15H22N6O5S/c1-27(3-2-7(16)15(24)25)4-8-10(22)11(23)14(26-8)21-6-20-9-12(17)18-5-19-13(9)21/h5-8,10-11,14,22-23H,2-4,16H2,1H3,(H2-,17,18,19,24,25)/p+2/t7-,8+,10+,11+,14+,27?/m0/s1. The van der Waals surface area contributed by atoms with Gasteiger partial charge < -0.3 is 31.5 Å². The maximum atomic E-state index is 10.9. The fraction of sp³-hybridized carbons (Fsp3) is 0.600. The lowest BCUT2D eigenvalue weighted by molar-refractivity contribution is -0.407. The van der Waals surface area contributed by atoms with Crippen molar-refractivity contribution >= 4 is 33.8 Å². The molecule has 8 N–H and O–H groups in total. The van der Waals surface area contributed by atoms with E-state index in [9.17, 15) is 15.0 Å². The second-order valence-electron chi connectivity index (χ2n) is 6.61. The summed E-state index contributed by atoms with van der Waals surface area (Å²) >= 11 is 0. The minimum Gasteiger partial charge on any atom is -0.477 e. The van der Waals surface area contributed by atoms with E-state index in [0.717, 1.165) is 0 Å². The molecule has 11 nitrogen and oxygen atoms in total. The summed E-state index contributed by atoms with van der Waals surface area (Å²) in [6, 6.07) is -0.657. The first-order chi connectivity index (χ1) is 12.8. The minimum atomic E-state index is -1.15. The average Bonchev–Trinajstić information content (AvgIpc) is 3.17. The van der Waals surface area contributed by atoms with Crippen LogP contribution in [-0.2, 0) is 20.4 Å². The number of anilines is 1. The van der Waals surface area contributed by atoms with Crippen LogP contribution in [0.1, 0.15) is 12.6 Å². The first-order valence-corrected chi connectivity index (χ1v) is 10.4. The number of rotatable bonds is 7. The normalized spacial score (nSPS) is 27.7. The number of aromatic nitrogens is 4. The molecule has 0 saturated carbocycles. The second kappa shape index (κ2) is 7.94. The van der Waals surface area contributed by atoms with Gasteiger partial charge in [-0.25, -0.2) is 19.7 Å². The number of aliphatic hydroxyl groups excluding tert-OH is 2. The molecular formula is C15H24N6O5S+2. The Morgan fingerprint density at radius 1 is 1.41 bits per heavy atom. The number of aliphatic carboxylic acids is 1. The van der Waals surface area contributed by atoms with E-state index in [0.29, 0.717) is 29.1 Å². The quantitative estimate of drug-likeness (QED) is 0.310. The molecule has 0 aliphatic carbocycles. The molecule has 1 aliphatic heterocycles. The summed E-state index contributed by atoms with van der Waals surface area (Å²) in [4.78, 5) is 23.0. The largest absolute Gasteiger partial charge is 0.477 e. The molecule has 1 saturated heterocycles. The number of aliphatic hydroxyl groups is 2. The maximum Gasteiger partial charge on any atom is 0.362 e. The van der Waals surface area contributed by atoms with Crippen molar-refractivity contribution in [3.05, 3.63) is 12.7 Å². The van der Waals surface area contributed by atoms with E-state index in [-0.39, 0.29) is 16.7 Å². The molecule has 0 aromatic carbocycles. The molecule has 6 atom stereocenters. The molecule has 12 heteroatoms. The highest BCUT2D eigenvalue weighted by molar-refractivity contribution is 7.96. The number of ether oxygens (including phenoxy) is 1. The lowest BCUT2D eigenvalue weighted by Gasteiger charge is -2.16. The molecule has 1 aliphatic rings. The van der Waals surface area contributed by atoms with Crippen molar-refractivity contribution in [2.45, 2.75) is 37.0 Å². The maximum absolute atomic E-state index is 10.9. The molecule has 0 radical (unpaired) electrons. The molecule has 27 heavy (non-hydrogen) atoms.